The Morgan fingerprint density at radius 1 is 0.830 bits per heavy atom. The van der Waals surface area contributed by atoms with Gasteiger partial charge in [-0.3, -0.25) is 9.59 Å². The van der Waals surface area contributed by atoms with Crippen LogP contribution in [0.25, 0.3) is 5.69 Å². The Balaban J connectivity index is 1.20. The Kier molecular flexibility index (Phi) is 6.86. The average molecular weight is 655 g/mol. The molecule has 4 aromatic carbocycles. The largest absolute Gasteiger partial charge is 0.416 e. The minimum Gasteiger partial charge on any atom is -0.363 e. The van der Waals surface area contributed by atoms with E-state index in [0.29, 0.717) is 36.7 Å². The molecular formula is C33H26F6N5O3+. The predicted molar refractivity (Wildman–Crippen MR) is 159 cm³/mol. The Labute approximate surface area is 262 Å². The van der Waals surface area contributed by atoms with E-state index in [9.17, 15) is 35.9 Å². The van der Waals surface area contributed by atoms with E-state index in [1.807, 2.05) is 37.8 Å². The monoisotopic (exact) mass is 654 g/mol. The molecule has 2 atom stereocenters. The molecule has 7 rings (SSSR count). The lowest BCUT2D eigenvalue weighted by Gasteiger charge is -2.24. The maximum absolute atomic E-state index is 13.4. The molecule has 2 N–H and O–H groups in total. The van der Waals surface area contributed by atoms with Gasteiger partial charge in [0.25, 0.3) is 10.9 Å². The summed E-state index contributed by atoms with van der Waals surface area (Å²) in [7, 11) is 0. The molecule has 5 aromatic rings. The SMILES string of the molecule is Cc1cc(C)c(-n2c[n+]3c(n2)CO[C@H]2Cc4ccc(Nc5c(Nc6cc(C(F)(F)F)cc(C(F)(F)F)c6)c(=O)c5=O)cc4[C@H]23)c(C)c1. The van der Waals surface area contributed by atoms with Gasteiger partial charge in [-0.05, 0) is 73.4 Å². The van der Waals surface area contributed by atoms with Gasteiger partial charge in [0.05, 0.1) is 11.1 Å². The normalized spacial score (nSPS) is 17.4. The second kappa shape index (κ2) is 10.5. The first-order valence-electron chi connectivity index (χ1n) is 14.6. The quantitative estimate of drug-likeness (QED) is 0.132. The molecule has 8 nitrogen and oxygen atoms in total. The predicted octanol–water partition coefficient (Wildman–Crippen LogP) is 6.25. The van der Waals surface area contributed by atoms with Crippen molar-refractivity contribution in [3.63, 3.8) is 0 Å². The zero-order valence-corrected chi connectivity index (χ0v) is 25.1. The van der Waals surface area contributed by atoms with Crippen molar-refractivity contribution in [2.75, 3.05) is 10.6 Å². The number of anilines is 4. The highest BCUT2D eigenvalue weighted by Gasteiger charge is 2.44. The number of hydrogen-bond donors (Lipinski definition) is 2. The molecule has 0 radical (unpaired) electrons. The maximum Gasteiger partial charge on any atom is 0.416 e. The molecule has 0 amide bonds. The van der Waals surface area contributed by atoms with Gasteiger partial charge < -0.3 is 15.4 Å². The van der Waals surface area contributed by atoms with Crippen LogP contribution in [0, 0.1) is 20.8 Å². The lowest BCUT2D eigenvalue weighted by Crippen LogP contribution is -2.51. The minimum atomic E-state index is -5.08. The number of benzene rings is 3. The Bertz CT molecular complexity index is 2100. The van der Waals surface area contributed by atoms with Crippen LogP contribution >= 0.6 is 0 Å². The molecule has 1 aliphatic carbocycles. The van der Waals surface area contributed by atoms with Gasteiger partial charge >= 0.3 is 18.2 Å². The van der Waals surface area contributed by atoms with Gasteiger partial charge in [-0.2, -0.15) is 26.3 Å². The topological polar surface area (TPSA) is 89.1 Å². The van der Waals surface area contributed by atoms with E-state index < -0.39 is 45.7 Å². The summed E-state index contributed by atoms with van der Waals surface area (Å²) in [5.41, 5.74) is -0.00461. The minimum absolute atomic E-state index is 0.0184. The lowest BCUT2D eigenvalue weighted by molar-refractivity contribution is -0.739. The summed E-state index contributed by atoms with van der Waals surface area (Å²) in [6, 6.07) is 10.1. The van der Waals surface area contributed by atoms with Crippen molar-refractivity contribution in [1.29, 1.82) is 0 Å². The third-order valence-electron chi connectivity index (χ3n) is 8.62. The van der Waals surface area contributed by atoms with Gasteiger partial charge in [-0.15, -0.1) is 0 Å². The standard InChI is InChI=1S/C33H25F6N5O3/c1-15-6-16(2)28(17(3)7-15)44-14-43-25(42-44)13-47-24-8-18-4-5-21(12-23(18)29(24)43)40-26-27(31(46)30(26)45)41-22-10-19(32(34,35)36)9-20(11-22)33(37,38)39/h4-7,9-12,14,24,29H,8,13H2,1-3H3,(H-,40,41,45,46)/p+1/t24-,29+/m0/s1. The molecule has 1 aliphatic heterocycles. The Hall–Kier alpha value is -4.98. The summed E-state index contributed by atoms with van der Waals surface area (Å²) >= 11 is 0. The van der Waals surface area contributed by atoms with Gasteiger partial charge in [0.1, 0.15) is 35.8 Å². The molecule has 0 bridgehead atoms. The van der Waals surface area contributed by atoms with Crippen LogP contribution in [0.15, 0.2) is 64.4 Å². The van der Waals surface area contributed by atoms with Gasteiger partial charge in [0, 0.05) is 22.9 Å². The van der Waals surface area contributed by atoms with Gasteiger partial charge in [0.2, 0.25) is 6.33 Å². The number of aryl methyl sites for hydroxylation is 3. The summed E-state index contributed by atoms with van der Waals surface area (Å²) in [6.07, 6.45) is -7.81. The third-order valence-corrected chi connectivity index (χ3v) is 8.62. The van der Waals surface area contributed by atoms with Crippen molar-refractivity contribution < 1.29 is 35.6 Å². The number of aromatic nitrogens is 3. The Morgan fingerprint density at radius 3 is 2.02 bits per heavy atom. The summed E-state index contributed by atoms with van der Waals surface area (Å²) in [5, 5.41) is 9.97. The molecule has 2 heterocycles. The van der Waals surface area contributed by atoms with Crippen LogP contribution in [-0.4, -0.2) is 15.9 Å². The highest BCUT2D eigenvalue weighted by molar-refractivity contribution is 5.82. The van der Waals surface area contributed by atoms with Crippen molar-refractivity contribution in [3.05, 3.63) is 120 Å². The van der Waals surface area contributed by atoms with Crippen molar-refractivity contribution in [1.82, 2.24) is 9.78 Å². The third kappa shape index (κ3) is 5.25. The van der Waals surface area contributed by atoms with E-state index in [0.717, 1.165) is 33.5 Å². The molecule has 0 spiro atoms. The number of fused-ring (bicyclic) bond motifs is 5. The molecule has 47 heavy (non-hydrogen) atoms. The highest BCUT2D eigenvalue weighted by atomic mass is 19.4. The molecule has 242 valence electrons. The smallest absolute Gasteiger partial charge is 0.363 e. The van der Waals surface area contributed by atoms with Gasteiger partial charge in [-0.25, -0.2) is 4.57 Å². The number of nitrogens with zero attached hydrogens (tertiary/aromatic N) is 3. The number of halogens is 6. The molecular weight excluding hydrogens is 628 g/mol. The van der Waals surface area contributed by atoms with Crippen LogP contribution < -0.4 is 26.1 Å². The Morgan fingerprint density at radius 2 is 1.43 bits per heavy atom. The highest BCUT2D eigenvalue weighted by Crippen LogP contribution is 2.40. The molecule has 0 saturated carbocycles. The fourth-order valence-corrected chi connectivity index (χ4v) is 6.63. The number of rotatable bonds is 5. The molecule has 0 fully saturated rings. The van der Waals surface area contributed by atoms with Crippen molar-refractivity contribution in [2.45, 2.75) is 58.3 Å². The summed E-state index contributed by atoms with van der Waals surface area (Å²) in [4.78, 5) is 25.0. The molecule has 2 aliphatic rings. The second-order valence-corrected chi connectivity index (χ2v) is 12.0. The molecule has 0 unspecified atom stereocenters. The van der Waals surface area contributed by atoms with Crippen LogP contribution in [-0.2, 0) is 30.1 Å². The zero-order chi connectivity index (χ0) is 33.6. The zero-order valence-electron chi connectivity index (χ0n) is 25.1. The summed E-state index contributed by atoms with van der Waals surface area (Å²) in [5.74, 6) is 0.713. The number of nitrogens with one attached hydrogen (secondary N) is 2. The van der Waals surface area contributed by atoms with E-state index >= 15 is 0 Å². The summed E-state index contributed by atoms with van der Waals surface area (Å²) < 4.78 is 90.3. The van der Waals surface area contributed by atoms with Crippen LogP contribution in [0.2, 0.25) is 0 Å². The van der Waals surface area contributed by atoms with Crippen LogP contribution in [0.1, 0.15) is 50.8 Å². The average Bonchev–Trinajstić information content (AvgIpc) is 3.58. The van der Waals surface area contributed by atoms with E-state index in [1.165, 1.54) is 0 Å². The van der Waals surface area contributed by atoms with E-state index in [4.69, 9.17) is 9.84 Å². The van der Waals surface area contributed by atoms with Crippen molar-refractivity contribution >= 4 is 22.7 Å². The van der Waals surface area contributed by atoms with Crippen LogP contribution in [0.3, 0.4) is 0 Å². The van der Waals surface area contributed by atoms with Crippen molar-refractivity contribution in [3.8, 4) is 5.69 Å². The number of ether oxygens (including phenoxy) is 1. The van der Waals surface area contributed by atoms with Crippen molar-refractivity contribution in [2.24, 2.45) is 0 Å². The number of hydrogen-bond acceptors (Lipinski definition) is 6. The second-order valence-electron chi connectivity index (χ2n) is 12.0. The fraction of sp³-hybridized carbons (Fsp3) is 0.273. The first-order chi connectivity index (χ1) is 22.1. The van der Waals surface area contributed by atoms with E-state index in [-0.39, 0.29) is 23.9 Å². The van der Waals surface area contributed by atoms with Gasteiger partial charge in [-0.1, -0.05) is 28.4 Å². The lowest BCUT2D eigenvalue weighted by atomic mass is 10.0. The molecule has 14 heteroatoms. The molecule has 1 aromatic heterocycles. The molecule has 0 saturated heterocycles. The first kappa shape index (κ1) is 30.7. The van der Waals surface area contributed by atoms with E-state index in [2.05, 4.69) is 27.3 Å². The maximum atomic E-state index is 13.4. The van der Waals surface area contributed by atoms with Crippen LogP contribution in [0.5, 0.6) is 0 Å². The van der Waals surface area contributed by atoms with Crippen LogP contribution in [0.4, 0.5) is 49.1 Å². The van der Waals surface area contributed by atoms with Gasteiger partial charge in [0.15, 0.2) is 0 Å². The first-order valence-corrected chi connectivity index (χ1v) is 14.6. The number of alkyl halides is 6. The fourth-order valence-electron chi connectivity index (χ4n) is 6.63. The van der Waals surface area contributed by atoms with E-state index in [1.54, 1.807) is 12.1 Å². The summed E-state index contributed by atoms with van der Waals surface area (Å²) in [6.45, 7) is 6.38.